The van der Waals surface area contributed by atoms with Crippen molar-refractivity contribution < 1.29 is 27.9 Å². The third-order valence-corrected chi connectivity index (χ3v) is 3.67. The molecule has 0 spiro atoms. The lowest BCUT2D eigenvalue weighted by molar-refractivity contribution is -0.139. The molecule has 0 aliphatic carbocycles. The number of amides is 1. The highest BCUT2D eigenvalue weighted by atomic mass is 19.4. The van der Waals surface area contributed by atoms with Gasteiger partial charge in [-0.3, -0.25) is 9.59 Å². The predicted octanol–water partition coefficient (Wildman–Crippen LogP) is 3.47. The highest BCUT2D eigenvalue weighted by molar-refractivity contribution is 5.95. The molecule has 0 aromatic heterocycles. The maximum Gasteiger partial charge on any atom is 0.416 e. The summed E-state index contributed by atoms with van der Waals surface area (Å²) in [5.74, 6) is -1.79. The van der Waals surface area contributed by atoms with Gasteiger partial charge in [-0.25, -0.2) is 0 Å². The van der Waals surface area contributed by atoms with Gasteiger partial charge in [-0.1, -0.05) is 19.9 Å². The number of nitrogens with one attached hydrogen (secondary N) is 1. The molecular formula is C15H18F3NO3. The standard InChI is InChI=1S/C15H18F3NO3/c1-3-14(4-2,9-12(20)21)19-13(22)10-6-5-7-11(8-10)15(16,17)18/h5-8H,3-4,9H2,1-2H3,(H,19,22)(H,20,21). The van der Waals surface area contributed by atoms with Crippen molar-refractivity contribution in [2.75, 3.05) is 0 Å². The molecule has 2 N–H and O–H groups in total. The first-order valence-electron chi connectivity index (χ1n) is 6.85. The van der Waals surface area contributed by atoms with E-state index >= 15 is 0 Å². The number of rotatable bonds is 6. The Morgan fingerprint density at radius 1 is 1.18 bits per heavy atom. The van der Waals surface area contributed by atoms with Crippen molar-refractivity contribution in [2.45, 2.75) is 44.8 Å². The van der Waals surface area contributed by atoms with Crippen LogP contribution in [0.15, 0.2) is 24.3 Å². The summed E-state index contributed by atoms with van der Waals surface area (Å²) in [4.78, 5) is 23.1. The summed E-state index contributed by atoms with van der Waals surface area (Å²) >= 11 is 0. The normalized spacial score (nSPS) is 12.0. The number of carbonyl (C=O) groups excluding carboxylic acids is 1. The maximum atomic E-state index is 12.7. The Labute approximate surface area is 126 Å². The van der Waals surface area contributed by atoms with Gasteiger partial charge in [0, 0.05) is 5.56 Å². The van der Waals surface area contributed by atoms with Gasteiger partial charge >= 0.3 is 12.1 Å². The number of halogens is 3. The summed E-state index contributed by atoms with van der Waals surface area (Å²) in [7, 11) is 0. The quantitative estimate of drug-likeness (QED) is 0.844. The molecule has 0 fully saturated rings. The molecule has 1 aromatic carbocycles. The number of aliphatic carboxylic acids is 1. The second-order valence-corrected chi connectivity index (χ2v) is 5.09. The number of hydrogen-bond acceptors (Lipinski definition) is 2. The van der Waals surface area contributed by atoms with Crippen LogP contribution >= 0.6 is 0 Å². The monoisotopic (exact) mass is 317 g/mol. The molecule has 22 heavy (non-hydrogen) atoms. The van der Waals surface area contributed by atoms with Crippen LogP contribution in [0.25, 0.3) is 0 Å². The molecule has 0 radical (unpaired) electrons. The third-order valence-electron chi connectivity index (χ3n) is 3.67. The molecule has 122 valence electrons. The van der Waals surface area contributed by atoms with Crippen molar-refractivity contribution in [2.24, 2.45) is 0 Å². The van der Waals surface area contributed by atoms with Crippen LogP contribution in [0.2, 0.25) is 0 Å². The zero-order chi connectivity index (χ0) is 17.0. The topological polar surface area (TPSA) is 66.4 Å². The van der Waals surface area contributed by atoms with Crippen LogP contribution in [0.1, 0.15) is 49.0 Å². The number of carbonyl (C=O) groups is 2. The minimum Gasteiger partial charge on any atom is -0.481 e. The van der Waals surface area contributed by atoms with Crippen molar-refractivity contribution in [3.05, 3.63) is 35.4 Å². The Morgan fingerprint density at radius 3 is 2.23 bits per heavy atom. The van der Waals surface area contributed by atoms with E-state index in [1.807, 2.05) is 0 Å². The first kappa shape index (κ1) is 18.0. The van der Waals surface area contributed by atoms with E-state index in [2.05, 4.69) is 5.32 Å². The molecule has 0 saturated carbocycles. The van der Waals surface area contributed by atoms with Gasteiger partial charge in [0.1, 0.15) is 0 Å². The first-order valence-corrected chi connectivity index (χ1v) is 6.85. The number of carboxylic acids is 1. The number of carboxylic acid groups (broad SMARTS) is 1. The summed E-state index contributed by atoms with van der Waals surface area (Å²) in [6, 6.07) is 4.04. The average molecular weight is 317 g/mol. The van der Waals surface area contributed by atoms with E-state index in [0.29, 0.717) is 12.8 Å². The van der Waals surface area contributed by atoms with Crippen LogP contribution in [0, 0.1) is 0 Å². The van der Waals surface area contributed by atoms with Gasteiger partial charge in [-0.2, -0.15) is 13.2 Å². The average Bonchev–Trinajstić information content (AvgIpc) is 2.45. The maximum absolute atomic E-state index is 12.7. The van der Waals surface area contributed by atoms with Crippen LogP contribution in [-0.2, 0) is 11.0 Å². The van der Waals surface area contributed by atoms with Gasteiger partial charge in [0.2, 0.25) is 0 Å². The Hall–Kier alpha value is -2.05. The minimum absolute atomic E-state index is 0.147. The van der Waals surface area contributed by atoms with Crippen LogP contribution in [0.3, 0.4) is 0 Å². The molecular weight excluding hydrogens is 299 g/mol. The molecule has 0 aliphatic heterocycles. The van der Waals surface area contributed by atoms with Crippen molar-refractivity contribution in [1.82, 2.24) is 5.32 Å². The van der Waals surface area contributed by atoms with Gasteiger partial charge in [-0.05, 0) is 31.0 Å². The molecule has 0 aliphatic rings. The Morgan fingerprint density at radius 2 is 1.77 bits per heavy atom. The van der Waals surface area contributed by atoms with Gasteiger partial charge in [0.25, 0.3) is 5.91 Å². The number of hydrogen-bond donors (Lipinski definition) is 2. The number of benzene rings is 1. The smallest absolute Gasteiger partial charge is 0.416 e. The Kier molecular flexibility index (Phi) is 5.57. The molecule has 7 heteroatoms. The molecule has 0 saturated heterocycles. The Bertz CT molecular complexity index is 551. The molecule has 0 heterocycles. The molecule has 0 atom stereocenters. The molecule has 1 aromatic rings. The summed E-state index contributed by atoms with van der Waals surface area (Å²) < 4.78 is 38.0. The lowest BCUT2D eigenvalue weighted by Crippen LogP contribution is -2.49. The van der Waals surface area contributed by atoms with Gasteiger partial charge in [0.05, 0.1) is 17.5 Å². The number of alkyl halides is 3. The van der Waals surface area contributed by atoms with Crippen LogP contribution in [0.4, 0.5) is 13.2 Å². The van der Waals surface area contributed by atoms with Crippen LogP contribution in [-0.4, -0.2) is 22.5 Å². The van der Waals surface area contributed by atoms with Crippen molar-refractivity contribution in [3.63, 3.8) is 0 Å². The highest BCUT2D eigenvalue weighted by Gasteiger charge is 2.33. The van der Waals surface area contributed by atoms with E-state index in [1.165, 1.54) is 6.07 Å². The second kappa shape index (κ2) is 6.81. The Balaban J connectivity index is 3.03. The lowest BCUT2D eigenvalue weighted by atomic mass is 9.88. The highest BCUT2D eigenvalue weighted by Crippen LogP contribution is 2.30. The van der Waals surface area contributed by atoms with E-state index in [0.717, 1.165) is 18.2 Å². The minimum atomic E-state index is -4.54. The van der Waals surface area contributed by atoms with E-state index in [4.69, 9.17) is 5.11 Å². The molecule has 0 unspecified atom stereocenters. The van der Waals surface area contributed by atoms with Gasteiger partial charge in [0.15, 0.2) is 0 Å². The third kappa shape index (κ3) is 4.47. The largest absolute Gasteiger partial charge is 0.481 e. The lowest BCUT2D eigenvalue weighted by Gasteiger charge is -2.31. The van der Waals surface area contributed by atoms with Crippen molar-refractivity contribution >= 4 is 11.9 Å². The molecule has 1 amide bonds. The fraction of sp³-hybridized carbons (Fsp3) is 0.467. The van der Waals surface area contributed by atoms with Crippen LogP contribution in [0.5, 0.6) is 0 Å². The van der Waals surface area contributed by atoms with Gasteiger partial charge in [-0.15, -0.1) is 0 Å². The fourth-order valence-corrected chi connectivity index (χ4v) is 2.16. The fourth-order valence-electron chi connectivity index (χ4n) is 2.16. The van der Waals surface area contributed by atoms with Crippen molar-refractivity contribution in [1.29, 1.82) is 0 Å². The summed E-state index contributed by atoms with van der Waals surface area (Å²) in [5.41, 5.74) is -2.04. The van der Waals surface area contributed by atoms with E-state index in [-0.39, 0.29) is 12.0 Å². The summed E-state index contributed by atoms with van der Waals surface area (Å²) in [6.45, 7) is 3.44. The zero-order valence-corrected chi connectivity index (χ0v) is 12.3. The van der Waals surface area contributed by atoms with E-state index in [9.17, 15) is 22.8 Å². The first-order chi connectivity index (χ1) is 10.1. The SMILES string of the molecule is CCC(CC)(CC(=O)O)NC(=O)c1cccc(C(F)(F)F)c1. The predicted molar refractivity (Wildman–Crippen MR) is 74.5 cm³/mol. The molecule has 4 nitrogen and oxygen atoms in total. The van der Waals surface area contributed by atoms with E-state index < -0.39 is 29.2 Å². The van der Waals surface area contributed by atoms with Crippen LogP contribution < -0.4 is 5.32 Å². The van der Waals surface area contributed by atoms with Gasteiger partial charge < -0.3 is 10.4 Å². The molecule has 1 rings (SSSR count). The zero-order valence-electron chi connectivity index (χ0n) is 12.3. The summed E-state index contributed by atoms with van der Waals surface area (Å²) in [6.07, 6.45) is -4.10. The van der Waals surface area contributed by atoms with E-state index in [1.54, 1.807) is 13.8 Å². The van der Waals surface area contributed by atoms with Crippen molar-refractivity contribution in [3.8, 4) is 0 Å². The summed E-state index contributed by atoms with van der Waals surface area (Å²) in [5, 5.41) is 11.5. The second-order valence-electron chi connectivity index (χ2n) is 5.09. The molecule has 0 bridgehead atoms.